The molecule has 112 valence electrons. The van der Waals surface area contributed by atoms with Gasteiger partial charge in [0.2, 0.25) is 0 Å². The third-order valence-corrected chi connectivity index (χ3v) is 3.14. The number of esters is 2. The first-order valence-electron chi connectivity index (χ1n) is 6.54. The fourth-order valence-corrected chi connectivity index (χ4v) is 2.14. The van der Waals surface area contributed by atoms with Crippen LogP contribution >= 0.6 is 11.6 Å². The third-order valence-electron chi connectivity index (χ3n) is 2.79. The van der Waals surface area contributed by atoms with Crippen LogP contribution in [-0.2, 0) is 19.1 Å². The summed E-state index contributed by atoms with van der Waals surface area (Å²) in [6, 6.07) is 8.52. The molecule has 21 heavy (non-hydrogen) atoms. The van der Waals surface area contributed by atoms with Gasteiger partial charge in [0.1, 0.15) is 0 Å². The smallest absolute Gasteiger partial charge is 0.322 e. The Kier molecular flexibility index (Phi) is 6.70. The van der Waals surface area contributed by atoms with Crippen molar-refractivity contribution in [3.05, 3.63) is 34.9 Å². The zero-order valence-corrected chi connectivity index (χ0v) is 12.6. The van der Waals surface area contributed by atoms with E-state index in [0.717, 1.165) is 0 Å². The molecular weight excluding hydrogens is 294 g/mol. The zero-order chi connectivity index (χ0) is 15.8. The van der Waals surface area contributed by atoms with Gasteiger partial charge in [0.15, 0.2) is 5.92 Å². The van der Waals surface area contributed by atoms with Crippen LogP contribution in [0.5, 0.6) is 0 Å². The van der Waals surface area contributed by atoms with Crippen molar-refractivity contribution in [1.82, 2.24) is 0 Å². The third kappa shape index (κ3) is 4.20. The Morgan fingerprint density at radius 1 is 1.19 bits per heavy atom. The second-order valence-electron chi connectivity index (χ2n) is 4.11. The van der Waals surface area contributed by atoms with E-state index in [9.17, 15) is 14.9 Å². The summed E-state index contributed by atoms with van der Waals surface area (Å²) >= 11 is 6.05. The quantitative estimate of drug-likeness (QED) is 0.596. The summed E-state index contributed by atoms with van der Waals surface area (Å²) in [5.74, 6) is -3.99. The highest BCUT2D eigenvalue weighted by atomic mass is 35.5. The number of carbonyl (C=O) groups is 2. The van der Waals surface area contributed by atoms with Crippen LogP contribution in [0.1, 0.15) is 25.3 Å². The molecule has 1 atom stereocenters. The minimum Gasteiger partial charge on any atom is -0.465 e. The molecule has 1 aromatic rings. The summed E-state index contributed by atoms with van der Waals surface area (Å²) < 4.78 is 9.76. The van der Waals surface area contributed by atoms with E-state index in [4.69, 9.17) is 21.1 Å². The average Bonchev–Trinajstić information content (AvgIpc) is 2.46. The Morgan fingerprint density at radius 2 is 1.71 bits per heavy atom. The normalized spacial score (nSPS) is 11.6. The molecule has 0 N–H and O–H groups in total. The van der Waals surface area contributed by atoms with Crippen LogP contribution in [0.25, 0.3) is 0 Å². The maximum absolute atomic E-state index is 12.0. The molecule has 0 fully saturated rings. The molecule has 0 saturated carbocycles. The van der Waals surface area contributed by atoms with Crippen molar-refractivity contribution in [2.75, 3.05) is 13.2 Å². The number of hydrogen-bond acceptors (Lipinski definition) is 5. The molecule has 0 heterocycles. The number of halogens is 1. The second kappa shape index (κ2) is 8.28. The summed E-state index contributed by atoms with van der Waals surface area (Å²) in [5.41, 5.74) is 0.396. The highest BCUT2D eigenvalue weighted by Gasteiger charge is 2.39. The van der Waals surface area contributed by atoms with E-state index in [1.54, 1.807) is 38.1 Å². The molecule has 0 saturated heterocycles. The molecule has 0 aliphatic carbocycles. The standard InChI is InChI=1S/C15H16ClNO4/c1-3-20-14(18)13(15(19)21-4-2)11(9-17)10-7-5-6-8-12(10)16/h5-8,11,13H,3-4H2,1-2H3/t11-/m0/s1. The second-order valence-corrected chi connectivity index (χ2v) is 4.52. The molecule has 0 unspecified atom stereocenters. The topological polar surface area (TPSA) is 76.4 Å². The molecule has 0 bridgehead atoms. The Morgan fingerprint density at radius 3 is 2.14 bits per heavy atom. The fraction of sp³-hybridized carbons (Fsp3) is 0.400. The Bertz CT molecular complexity index is 535. The summed E-state index contributed by atoms with van der Waals surface area (Å²) in [7, 11) is 0. The van der Waals surface area contributed by atoms with Crippen LogP contribution in [0.2, 0.25) is 5.02 Å². The SMILES string of the molecule is CCOC(=O)C(C(=O)OCC)[C@@H](C#N)c1ccccc1Cl. The maximum Gasteiger partial charge on any atom is 0.322 e. The van der Waals surface area contributed by atoms with Crippen LogP contribution in [0.15, 0.2) is 24.3 Å². The molecule has 0 aliphatic heterocycles. The van der Waals surface area contributed by atoms with Crippen molar-refractivity contribution >= 4 is 23.5 Å². The van der Waals surface area contributed by atoms with Gasteiger partial charge in [-0.25, -0.2) is 0 Å². The van der Waals surface area contributed by atoms with Crippen LogP contribution in [0.4, 0.5) is 0 Å². The zero-order valence-electron chi connectivity index (χ0n) is 11.8. The van der Waals surface area contributed by atoms with E-state index in [1.165, 1.54) is 0 Å². The number of nitriles is 1. The van der Waals surface area contributed by atoms with Crippen molar-refractivity contribution in [3.63, 3.8) is 0 Å². The van der Waals surface area contributed by atoms with E-state index in [0.29, 0.717) is 10.6 Å². The van der Waals surface area contributed by atoms with Crippen molar-refractivity contribution in [2.24, 2.45) is 5.92 Å². The van der Waals surface area contributed by atoms with Crippen LogP contribution in [0.3, 0.4) is 0 Å². The molecular formula is C15H16ClNO4. The lowest BCUT2D eigenvalue weighted by Crippen LogP contribution is -2.33. The predicted molar refractivity (Wildman–Crippen MR) is 76.6 cm³/mol. The van der Waals surface area contributed by atoms with Crippen molar-refractivity contribution in [2.45, 2.75) is 19.8 Å². The number of nitrogens with zero attached hydrogens (tertiary/aromatic N) is 1. The summed E-state index contributed by atoms with van der Waals surface area (Å²) in [5, 5.41) is 9.69. The Balaban J connectivity index is 3.21. The molecule has 1 rings (SSSR count). The van der Waals surface area contributed by atoms with Gasteiger partial charge in [-0.05, 0) is 25.5 Å². The van der Waals surface area contributed by atoms with Gasteiger partial charge in [-0.3, -0.25) is 9.59 Å². The van der Waals surface area contributed by atoms with E-state index in [-0.39, 0.29) is 13.2 Å². The lowest BCUT2D eigenvalue weighted by Gasteiger charge is -2.20. The lowest BCUT2D eigenvalue weighted by molar-refractivity contribution is -0.162. The van der Waals surface area contributed by atoms with Crippen molar-refractivity contribution in [1.29, 1.82) is 5.26 Å². The Hall–Kier alpha value is -2.06. The minimum absolute atomic E-state index is 0.107. The molecule has 0 amide bonds. The van der Waals surface area contributed by atoms with Crippen molar-refractivity contribution < 1.29 is 19.1 Å². The molecule has 0 radical (unpaired) electrons. The van der Waals surface area contributed by atoms with E-state index in [2.05, 4.69) is 0 Å². The highest BCUT2D eigenvalue weighted by Crippen LogP contribution is 2.31. The van der Waals surface area contributed by atoms with E-state index < -0.39 is 23.8 Å². The largest absolute Gasteiger partial charge is 0.465 e. The van der Waals surface area contributed by atoms with Crippen LogP contribution in [-0.4, -0.2) is 25.2 Å². The summed E-state index contributed by atoms with van der Waals surface area (Å²) in [6.07, 6.45) is 0. The van der Waals surface area contributed by atoms with Gasteiger partial charge in [0, 0.05) is 5.02 Å². The maximum atomic E-state index is 12.0. The molecule has 0 spiro atoms. The fourth-order valence-electron chi connectivity index (χ4n) is 1.88. The van der Waals surface area contributed by atoms with E-state index in [1.807, 2.05) is 6.07 Å². The van der Waals surface area contributed by atoms with Gasteiger partial charge in [-0.2, -0.15) is 5.26 Å². The van der Waals surface area contributed by atoms with Gasteiger partial charge in [-0.1, -0.05) is 29.8 Å². The molecule has 0 aromatic heterocycles. The molecule has 0 aliphatic rings. The number of hydrogen-bond donors (Lipinski definition) is 0. The Labute approximate surface area is 128 Å². The number of carbonyl (C=O) groups excluding carboxylic acids is 2. The summed E-state index contributed by atoms with van der Waals surface area (Å²) in [6.45, 7) is 3.46. The first kappa shape index (κ1) is 17.0. The predicted octanol–water partition coefficient (Wildman–Crippen LogP) is 2.69. The van der Waals surface area contributed by atoms with E-state index >= 15 is 0 Å². The van der Waals surface area contributed by atoms with Gasteiger partial charge < -0.3 is 9.47 Å². The van der Waals surface area contributed by atoms with Gasteiger partial charge >= 0.3 is 11.9 Å². The first-order valence-corrected chi connectivity index (χ1v) is 6.91. The average molecular weight is 310 g/mol. The first-order chi connectivity index (χ1) is 10.1. The van der Waals surface area contributed by atoms with Gasteiger partial charge in [-0.15, -0.1) is 0 Å². The van der Waals surface area contributed by atoms with Crippen molar-refractivity contribution in [3.8, 4) is 6.07 Å². The van der Waals surface area contributed by atoms with Gasteiger partial charge in [0.25, 0.3) is 0 Å². The monoisotopic (exact) mass is 309 g/mol. The minimum atomic E-state index is -1.35. The number of benzene rings is 1. The molecule has 5 nitrogen and oxygen atoms in total. The number of rotatable bonds is 6. The highest BCUT2D eigenvalue weighted by molar-refractivity contribution is 6.31. The summed E-state index contributed by atoms with van der Waals surface area (Å²) in [4.78, 5) is 24.1. The van der Waals surface area contributed by atoms with Crippen LogP contribution < -0.4 is 0 Å². The lowest BCUT2D eigenvalue weighted by atomic mass is 9.87. The molecule has 1 aromatic carbocycles. The van der Waals surface area contributed by atoms with Crippen LogP contribution in [0, 0.1) is 17.2 Å². The molecule has 6 heteroatoms. The number of ether oxygens (including phenoxy) is 2. The van der Waals surface area contributed by atoms with Gasteiger partial charge in [0.05, 0.1) is 25.2 Å².